The number of hydrogen-bond donors (Lipinski definition) is 2. The number of hydrogen-bond acceptors (Lipinski definition) is 5. The topological polar surface area (TPSA) is 55.4 Å². The Hall–Kier alpha value is -2.43. The van der Waals surface area contributed by atoms with Gasteiger partial charge in [0, 0.05) is 36.8 Å². The van der Waals surface area contributed by atoms with Gasteiger partial charge >= 0.3 is 0 Å². The van der Waals surface area contributed by atoms with Crippen LogP contribution in [0.3, 0.4) is 0 Å². The highest BCUT2D eigenvalue weighted by Gasteiger charge is 2.06. The van der Waals surface area contributed by atoms with Gasteiger partial charge in [0.05, 0.1) is 13.2 Å². The molecule has 1 heterocycles. The van der Waals surface area contributed by atoms with Crippen LogP contribution in [-0.4, -0.2) is 25.2 Å². The largest absolute Gasteiger partial charge is 0.490 e. The molecule has 0 fully saturated rings. The first-order chi connectivity index (χ1) is 10.3. The molecule has 5 heteroatoms. The second-order valence-electron chi connectivity index (χ2n) is 4.33. The van der Waals surface area contributed by atoms with Gasteiger partial charge in [-0.05, 0) is 32.0 Å². The predicted molar refractivity (Wildman–Crippen MR) is 85.8 cm³/mol. The van der Waals surface area contributed by atoms with Crippen molar-refractivity contribution in [3.63, 3.8) is 0 Å². The highest BCUT2D eigenvalue weighted by atomic mass is 16.5. The first kappa shape index (κ1) is 15.0. The molecule has 0 aliphatic heterocycles. The minimum Gasteiger partial charge on any atom is -0.490 e. The molecule has 1 aromatic carbocycles. The number of pyridine rings is 1. The molecule has 0 saturated heterocycles. The molecule has 0 bridgehead atoms. The Morgan fingerprint density at radius 2 is 1.67 bits per heavy atom. The van der Waals surface area contributed by atoms with Gasteiger partial charge < -0.3 is 20.1 Å². The third-order valence-corrected chi connectivity index (χ3v) is 2.85. The average Bonchev–Trinajstić information content (AvgIpc) is 2.50. The lowest BCUT2D eigenvalue weighted by Gasteiger charge is -2.13. The highest BCUT2D eigenvalue weighted by molar-refractivity contribution is 5.65. The van der Waals surface area contributed by atoms with E-state index < -0.39 is 0 Å². The molecule has 0 atom stereocenters. The lowest BCUT2D eigenvalue weighted by atomic mass is 10.2. The van der Waals surface area contributed by atoms with E-state index in [0.29, 0.717) is 13.2 Å². The van der Waals surface area contributed by atoms with Crippen LogP contribution in [0.2, 0.25) is 0 Å². The van der Waals surface area contributed by atoms with Gasteiger partial charge in [-0.2, -0.15) is 0 Å². The molecule has 112 valence electrons. The molecule has 0 radical (unpaired) electrons. The molecule has 0 aliphatic carbocycles. The fourth-order valence-corrected chi connectivity index (χ4v) is 1.94. The van der Waals surface area contributed by atoms with Crippen LogP contribution in [0, 0.1) is 0 Å². The van der Waals surface area contributed by atoms with E-state index in [-0.39, 0.29) is 0 Å². The van der Waals surface area contributed by atoms with E-state index >= 15 is 0 Å². The molecule has 2 N–H and O–H groups in total. The summed E-state index contributed by atoms with van der Waals surface area (Å²) in [4.78, 5) is 4.19. The second-order valence-corrected chi connectivity index (χ2v) is 4.33. The summed E-state index contributed by atoms with van der Waals surface area (Å²) in [6.07, 6.45) is 1.76. The quantitative estimate of drug-likeness (QED) is 0.814. The third kappa shape index (κ3) is 4.02. The van der Waals surface area contributed by atoms with Crippen LogP contribution in [0.4, 0.5) is 17.2 Å². The molecule has 2 aromatic rings. The van der Waals surface area contributed by atoms with E-state index in [1.165, 1.54) is 0 Å². The van der Waals surface area contributed by atoms with Crippen LogP contribution in [-0.2, 0) is 0 Å². The fourth-order valence-electron chi connectivity index (χ4n) is 1.94. The number of rotatable bonds is 7. The van der Waals surface area contributed by atoms with Gasteiger partial charge in [0.1, 0.15) is 5.82 Å². The standard InChI is InChI=1S/C16H21N3O2/c1-4-20-14-7-6-12(10-15(14)21-5-2)19-13-8-9-18-16(11-13)17-3/h6-11H,4-5H2,1-3H3,(H2,17,18,19). The molecule has 0 spiro atoms. The maximum atomic E-state index is 5.62. The smallest absolute Gasteiger partial charge is 0.163 e. The Morgan fingerprint density at radius 3 is 2.38 bits per heavy atom. The summed E-state index contributed by atoms with van der Waals surface area (Å²) in [5.41, 5.74) is 1.90. The number of ether oxygens (including phenoxy) is 2. The third-order valence-electron chi connectivity index (χ3n) is 2.85. The van der Waals surface area contributed by atoms with Crippen molar-refractivity contribution in [2.75, 3.05) is 30.9 Å². The Morgan fingerprint density at radius 1 is 0.952 bits per heavy atom. The molecule has 0 aliphatic rings. The lowest BCUT2D eigenvalue weighted by Crippen LogP contribution is -2.00. The number of aromatic nitrogens is 1. The first-order valence-corrected chi connectivity index (χ1v) is 7.07. The van der Waals surface area contributed by atoms with Gasteiger partial charge in [-0.25, -0.2) is 4.98 Å². The Bertz CT molecular complexity index is 587. The zero-order valence-corrected chi connectivity index (χ0v) is 12.6. The van der Waals surface area contributed by atoms with Crippen LogP contribution in [0.15, 0.2) is 36.5 Å². The normalized spacial score (nSPS) is 10.0. The van der Waals surface area contributed by atoms with Crippen molar-refractivity contribution >= 4 is 17.2 Å². The van der Waals surface area contributed by atoms with E-state index in [2.05, 4.69) is 15.6 Å². The van der Waals surface area contributed by atoms with Crippen LogP contribution in [0.25, 0.3) is 0 Å². The van der Waals surface area contributed by atoms with Crippen molar-refractivity contribution in [2.45, 2.75) is 13.8 Å². The summed E-state index contributed by atoms with van der Waals surface area (Å²) in [5, 5.41) is 6.35. The van der Waals surface area contributed by atoms with Gasteiger partial charge in [-0.15, -0.1) is 0 Å². The molecule has 0 saturated carbocycles. The Kier molecular flexibility index (Phi) is 5.26. The molecular weight excluding hydrogens is 266 g/mol. The van der Waals surface area contributed by atoms with Crippen molar-refractivity contribution in [3.05, 3.63) is 36.5 Å². The molecule has 0 amide bonds. The summed E-state index contributed by atoms with van der Waals surface area (Å²) in [5.74, 6) is 2.32. The van der Waals surface area contributed by atoms with Gasteiger partial charge in [-0.3, -0.25) is 0 Å². The van der Waals surface area contributed by atoms with E-state index in [1.54, 1.807) is 6.20 Å². The van der Waals surface area contributed by atoms with E-state index in [1.807, 2.05) is 51.2 Å². The Labute approximate surface area is 125 Å². The van der Waals surface area contributed by atoms with Gasteiger partial charge in [0.15, 0.2) is 11.5 Å². The second kappa shape index (κ2) is 7.38. The van der Waals surface area contributed by atoms with Crippen molar-refractivity contribution in [3.8, 4) is 11.5 Å². The molecule has 2 rings (SSSR count). The monoisotopic (exact) mass is 287 g/mol. The van der Waals surface area contributed by atoms with E-state index in [9.17, 15) is 0 Å². The maximum absolute atomic E-state index is 5.62. The summed E-state index contributed by atoms with van der Waals surface area (Å²) in [6, 6.07) is 9.67. The van der Waals surface area contributed by atoms with Gasteiger partial charge in [0.2, 0.25) is 0 Å². The van der Waals surface area contributed by atoms with Crippen molar-refractivity contribution in [1.29, 1.82) is 0 Å². The zero-order valence-electron chi connectivity index (χ0n) is 12.6. The van der Waals surface area contributed by atoms with E-state index in [0.717, 1.165) is 28.7 Å². The summed E-state index contributed by atoms with van der Waals surface area (Å²) < 4.78 is 11.2. The van der Waals surface area contributed by atoms with Crippen molar-refractivity contribution in [1.82, 2.24) is 4.98 Å². The highest BCUT2D eigenvalue weighted by Crippen LogP contribution is 2.32. The molecule has 21 heavy (non-hydrogen) atoms. The minimum absolute atomic E-state index is 0.600. The van der Waals surface area contributed by atoms with Crippen LogP contribution >= 0.6 is 0 Å². The number of nitrogens with zero attached hydrogens (tertiary/aromatic N) is 1. The zero-order chi connectivity index (χ0) is 15.1. The maximum Gasteiger partial charge on any atom is 0.163 e. The van der Waals surface area contributed by atoms with Crippen molar-refractivity contribution < 1.29 is 9.47 Å². The summed E-state index contributed by atoms with van der Waals surface area (Å²) >= 11 is 0. The first-order valence-electron chi connectivity index (χ1n) is 7.07. The number of benzene rings is 1. The summed E-state index contributed by atoms with van der Waals surface area (Å²) in [7, 11) is 1.84. The number of anilines is 3. The van der Waals surface area contributed by atoms with Crippen molar-refractivity contribution in [2.24, 2.45) is 0 Å². The molecule has 0 unspecified atom stereocenters. The number of nitrogens with one attached hydrogen (secondary N) is 2. The molecule has 5 nitrogen and oxygen atoms in total. The van der Waals surface area contributed by atoms with Crippen LogP contribution < -0.4 is 20.1 Å². The molecule has 1 aromatic heterocycles. The molecular formula is C16H21N3O2. The average molecular weight is 287 g/mol. The summed E-state index contributed by atoms with van der Waals surface area (Å²) in [6.45, 7) is 5.13. The Balaban J connectivity index is 2.21. The fraction of sp³-hybridized carbons (Fsp3) is 0.312. The lowest BCUT2D eigenvalue weighted by molar-refractivity contribution is 0.288. The van der Waals surface area contributed by atoms with Gasteiger partial charge in [0.25, 0.3) is 0 Å². The van der Waals surface area contributed by atoms with E-state index in [4.69, 9.17) is 9.47 Å². The van der Waals surface area contributed by atoms with Crippen LogP contribution in [0.1, 0.15) is 13.8 Å². The minimum atomic E-state index is 0.600. The predicted octanol–water partition coefficient (Wildman–Crippen LogP) is 3.66. The van der Waals surface area contributed by atoms with Crippen LogP contribution in [0.5, 0.6) is 11.5 Å². The SMILES string of the molecule is CCOc1ccc(Nc2ccnc(NC)c2)cc1OCC. The van der Waals surface area contributed by atoms with Gasteiger partial charge in [-0.1, -0.05) is 0 Å².